The molecular formula is C28H27N5O3. The molecule has 0 aliphatic carbocycles. The largest absolute Gasteiger partial charge is 0.491 e. The molecule has 3 aromatic carbocycles. The van der Waals surface area contributed by atoms with Gasteiger partial charge in [-0.15, -0.1) is 0 Å². The van der Waals surface area contributed by atoms with Gasteiger partial charge in [-0.1, -0.05) is 30.3 Å². The summed E-state index contributed by atoms with van der Waals surface area (Å²) in [5, 5.41) is 3.24. The molecule has 182 valence electrons. The Labute approximate surface area is 210 Å². The number of para-hydroxylation sites is 1. The summed E-state index contributed by atoms with van der Waals surface area (Å²) in [7, 11) is 1.64. The summed E-state index contributed by atoms with van der Waals surface area (Å²) in [6.07, 6.45) is 1.78. The Balaban J connectivity index is 1.46. The molecule has 0 radical (unpaired) electrons. The van der Waals surface area contributed by atoms with Crippen molar-refractivity contribution in [1.29, 1.82) is 0 Å². The minimum Gasteiger partial charge on any atom is -0.491 e. The number of hydrogen-bond acceptors (Lipinski definition) is 6. The van der Waals surface area contributed by atoms with Gasteiger partial charge in [-0.2, -0.15) is 4.98 Å². The van der Waals surface area contributed by atoms with Gasteiger partial charge in [0.25, 0.3) is 0 Å². The minimum atomic E-state index is -0.165. The third kappa shape index (κ3) is 4.99. The van der Waals surface area contributed by atoms with E-state index in [9.17, 15) is 4.79 Å². The zero-order valence-electron chi connectivity index (χ0n) is 20.2. The first-order valence-electron chi connectivity index (χ1n) is 11.7. The number of nitrogens with zero attached hydrogens (tertiary/aromatic N) is 4. The number of anilines is 5. The number of aryl methyl sites for hydroxylation is 1. The van der Waals surface area contributed by atoms with E-state index in [0.717, 1.165) is 33.9 Å². The fraction of sp³-hybridized carbons (Fsp3) is 0.179. The van der Waals surface area contributed by atoms with Gasteiger partial charge in [-0.25, -0.2) is 14.7 Å². The average molecular weight is 482 g/mol. The van der Waals surface area contributed by atoms with E-state index in [4.69, 9.17) is 14.5 Å². The average Bonchev–Trinajstić information content (AvgIpc) is 2.90. The smallest absolute Gasteiger partial charge is 0.335 e. The van der Waals surface area contributed by atoms with Crippen LogP contribution < -0.4 is 19.9 Å². The zero-order valence-corrected chi connectivity index (χ0v) is 20.2. The molecule has 1 N–H and O–H groups in total. The number of urea groups is 1. The molecule has 0 atom stereocenters. The van der Waals surface area contributed by atoms with E-state index in [1.165, 1.54) is 0 Å². The summed E-state index contributed by atoms with van der Waals surface area (Å²) in [4.78, 5) is 26.5. The molecule has 8 heteroatoms. The van der Waals surface area contributed by atoms with Crippen LogP contribution >= 0.6 is 0 Å². The van der Waals surface area contributed by atoms with E-state index in [0.29, 0.717) is 31.5 Å². The van der Waals surface area contributed by atoms with Crippen LogP contribution in [0.15, 0.2) is 85.1 Å². The fourth-order valence-corrected chi connectivity index (χ4v) is 4.03. The van der Waals surface area contributed by atoms with Crippen molar-refractivity contribution < 1.29 is 14.3 Å². The molecule has 2 amide bonds. The maximum Gasteiger partial charge on any atom is 0.335 e. The Morgan fingerprint density at radius 2 is 1.72 bits per heavy atom. The second-order valence-corrected chi connectivity index (χ2v) is 8.41. The maximum absolute atomic E-state index is 13.8. The lowest BCUT2D eigenvalue weighted by molar-refractivity contribution is 0.146. The highest BCUT2D eigenvalue weighted by Gasteiger charge is 2.34. The van der Waals surface area contributed by atoms with Crippen LogP contribution in [0.4, 0.5) is 33.6 Å². The van der Waals surface area contributed by atoms with E-state index < -0.39 is 0 Å². The van der Waals surface area contributed by atoms with Gasteiger partial charge in [-0.05, 0) is 61.0 Å². The predicted octanol–water partition coefficient (Wildman–Crippen LogP) is 5.83. The molecule has 2 heterocycles. The number of ether oxygens (including phenoxy) is 2. The van der Waals surface area contributed by atoms with Gasteiger partial charge in [0.1, 0.15) is 12.4 Å². The molecule has 0 saturated heterocycles. The Morgan fingerprint density at radius 1 is 0.944 bits per heavy atom. The fourth-order valence-electron chi connectivity index (χ4n) is 4.03. The summed E-state index contributed by atoms with van der Waals surface area (Å²) in [5.74, 6) is 1.72. The SMILES string of the molecule is COCCOc1ccc(Nc2ncc3c(n2)N(c2cccc(C)c2)C(=O)N(c2ccccc2)C3)cc1. The third-order valence-corrected chi connectivity index (χ3v) is 5.80. The first-order valence-corrected chi connectivity index (χ1v) is 11.7. The number of carbonyl (C=O) groups is 1. The van der Waals surface area contributed by atoms with E-state index in [1.807, 2.05) is 85.8 Å². The van der Waals surface area contributed by atoms with Crippen molar-refractivity contribution in [2.45, 2.75) is 13.5 Å². The Kier molecular flexibility index (Phi) is 6.77. The molecule has 0 spiro atoms. The zero-order chi connectivity index (χ0) is 24.9. The molecule has 0 saturated carbocycles. The molecule has 1 aliphatic rings. The van der Waals surface area contributed by atoms with Gasteiger partial charge in [-0.3, -0.25) is 4.90 Å². The Hall–Kier alpha value is -4.43. The molecule has 0 fully saturated rings. The summed E-state index contributed by atoms with van der Waals surface area (Å²) in [6, 6.07) is 24.8. The highest BCUT2D eigenvalue weighted by Crippen LogP contribution is 2.36. The Bertz CT molecular complexity index is 1350. The van der Waals surface area contributed by atoms with Crippen molar-refractivity contribution in [3.8, 4) is 5.75 Å². The van der Waals surface area contributed by atoms with E-state index in [-0.39, 0.29) is 6.03 Å². The van der Waals surface area contributed by atoms with Crippen LogP contribution in [0.2, 0.25) is 0 Å². The molecule has 1 aliphatic heterocycles. The lowest BCUT2D eigenvalue weighted by Crippen LogP contribution is -2.45. The summed E-state index contributed by atoms with van der Waals surface area (Å²) in [5.41, 5.74) is 4.29. The highest BCUT2D eigenvalue weighted by molar-refractivity contribution is 6.10. The van der Waals surface area contributed by atoms with Gasteiger partial charge in [0, 0.05) is 30.2 Å². The van der Waals surface area contributed by atoms with E-state index in [1.54, 1.807) is 23.1 Å². The first kappa shape index (κ1) is 23.3. The third-order valence-electron chi connectivity index (χ3n) is 5.80. The molecular weight excluding hydrogens is 454 g/mol. The van der Waals surface area contributed by atoms with Crippen molar-refractivity contribution >= 4 is 34.9 Å². The second-order valence-electron chi connectivity index (χ2n) is 8.41. The number of fused-ring (bicyclic) bond motifs is 1. The molecule has 5 rings (SSSR count). The van der Waals surface area contributed by atoms with Crippen molar-refractivity contribution in [1.82, 2.24) is 9.97 Å². The minimum absolute atomic E-state index is 0.165. The predicted molar refractivity (Wildman–Crippen MR) is 140 cm³/mol. The molecule has 1 aromatic heterocycles. The van der Waals surface area contributed by atoms with Crippen LogP contribution in [0.25, 0.3) is 0 Å². The number of aromatic nitrogens is 2. The topological polar surface area (TPSA) is 79.8 Å². The number of carbonyl (C=O) groups excluding carboxylic acids is 1. The Morgan fingerprint density at radius 3 is 2.47 bits per heavy atom. The van der Waals surface area contributed by atoms with Crippen LogP contribution in [0.5, 0.6) is 5.75 Å². The molecule has 0 unspecified atom stereocenters. The quantitative estimate of drug-likeness (QED) is 0.319. The number of benzene rings is 3. The second kappa shape index (κ2) is 10.5. The molecule has 8 nitrogen and oxygen atoms in total. The van der Waals surface area contributed by atoms with Gasteiger partial charge in [0.15, 0.2) is 5.82 Å². The summed E-state index contributed by atoms with van der Waals surface area (Å²) >= 11 is 0. The lowest BCUT2D eigenvalue weighted by atomic mass is 10.1. The normalized spacial score (nSPS) is 12.9. The molecule has 0 bridgehead atoms. The van der Waals surface area contributed by atoms with Crippen LogP contribution in [-0.4, -0.2) is 36.3 Å². The number of amides is 2. The molecule has 4 aromatic rings. The maximum atomic E-state index is 13.8. The first-order chi connectivity index (χ1) is 17.6. The van der Waals surface area contributed by atoms with E-state index in [2.05, 4.69) is 10.3 Å². The van der Waals surface area contributed by atoms with E-state index >= 15 is 0 Å². The standard InChI is InChI=1S/C28H27N5O3/c1-20-7-6-10-24(17-20)33-26-21(19-32(28(33)34)23-8-4-3-5-9-23)18-29-27(31-26)30-22-11-13-25(14-12-22)36-16-15-35-2/h3-14,17-18H,15-16,19H2,1-2H3,(H,29,30,31). The van der Waals surface area contributed by atoms with Crippen molar-refractivity contribution in [3.05, 3.63) is 96.2 Å². The van der Waals surface area contributed by atoms with Crippen LogP contribution in [0, 0.1) is 6.92 Å². The van der Waals surface area contributed by atoms with Gasteiger partial charge < -0.3 is 14.8 Å². The van der Waals surface area contributed by atoms with Crippen molar-refractivity contribution in [2.24, 2.45) is 0 Å². The summed E-state index contributed by atoms with van der Waals surface area (Å²) < 4.78 is 10.6. The number of hydrogen-bond donors (Lipinski definition) is 1. The van der Waals surface area contributed by atoms with Gasteiger partial charge in [0.05, 0.1) is 18.8 Å². The number of nitrogens with one attached hydrogen (secondary N) is 1. The lowest BCUT2D eigenvalue weighted by Gasteiger charge is -2.36. The van der Waals surface area contributed by atoms with Gasteiger partial charge in [0.2, 0.25) is 5.95 Å². The van der Waals surface area contributed by atoms with Crippen LogP contribution in [0.1, 0.15) is 11.1 Å². The van der Waals surface area contributed by atoms with Crippen molar-refractivity contribution in [2.75, 3.05) is 35.4 Å². The summed E-state index contributed by atoms with van der Waals surface area (Å²) in [6.45, 7) is 3.40. The van der Waals surface area contributed by atoms with Crippen LogP contribution in [-0.2, 0) is 11.3 Å². The number of methoxy groups -OCH3 is 1. The molecule has 36 heavy (non-hydrogen) atoms. The van der Waals surface area contributed by atoms with Gasteiger partial charge >= 0.3 is 6.03 Å². The van der Waals surface area contributed by atoms with Crippen molar-refractivity contribution in [3.63, 3.8) is 0 Å². The van der Waals surface area contributed by atoms with Crippen LogP contribution in [0.3, 0.4) is 0 Å². The highest BCUT2D eigenvalue weighted by atomic mass is 16.5. The number of rotatable bonds is 8. The monoisotopic (exact) mass is 481 g/mol.